The first-order chi connectivity index (χ1) is 8.52. The van der Waals surface area contributed by atoms with Gasteiger partial charge in [-0.3, -0.25) is 0 Å². The number of hydrogen-bond donors (Lipinski definition) is 1. The van der Waals surface area contributed by atoms with E-state index in [4.69, 9.17) is 11.6 Å². The van der Waals surface area contributed by atoms with E-state index in [0.29, 0.717) is 11.8 Å². The molecule has 0 bridgehead atoms. The summed E-state index contributed by atoms with van der Waals surface area (Å²) in [6.45, 7) is 8.51. The molecule has 0 aliphatic heterocycles. The van der Waals surface area contributed by atoms with Crippen LogP contribution in [0.1, 0.15) is 32.8 Å². The highest BCUT2D eigenvalue weighted by molar-refractivity contribution is 6.30. The predicted octanol–water partition coefficient (Wildman–Crippen LogP) is 4.29. The van der Waals surface area contributed by atoms with Crippen LogP contribution in [0.4, 0.5) is 4.39 Å². The van der Waals surface area contributed by atoms with Crippen LogP contribution in [-0.2, 0) is 6.42 Å². The zero-order valence-electron chi connectivity index (χ0n) is 11.5. The Hall–Kier alpha value is -0.600. The molecular formula is C15H23ClFN. The van der Waals surface area contributed by atoms with Gasteiger partial charge in [-0.25, -0.2) is 4.39 Å². The third kappa shape index (κ3) is 5.36. The van der Waals surface area contributed by atoms with Crippen molar-refractivity contribution >= 4 is 11.6 Å². The van der Waals surface area contributed by atoms with E-state index in [2.05, 4.69) is 26.1 Å². The molecule has 0 aliphatic carbocycles. The Balaban J connectivity index is 2.65. The van der Waals surface area contributed by atoms with Crippen molar-refractivity contribution in [3.8, 4) is 0 Å². The second-order valence-electron chi connectivity index (χ2n) is 5.26. The maximum atomic E-state index is 13.4. The number of nitrogens with one attached hydrogen (secondary N) is 1. The molecule has 1 rings (SSSR count). The van der Waals surface area contributed by atoms with Gasteiger partial charge in [-0.2, -0.15) is 0 Å². The summed E-state index contributed by atoms with van der Waals surface area (Å²) in [7, 11) is 0. The maximum Gasteiger partial charge on any atom is 0.142 e. The summed E-state index contributed by atoms with van der Waals surface area (Å²) in [4.78, 5) is 0. The first-order valence-electron chi connectivity index (χ1n) is 6.67. The Bertz CT molecular complexity index is 366. The van der Waals surface area contributed by atoms with Gasteiger partial charge in [0.25, 0.3) is 0 Å². The van der Waals surface area contributed by atoms with Crippen molar-refractivity contribution in [2.75, 3.05) is 13.1 Å². The van der Waals surface area contributed by atoms with E-state index in [1.165, 1.54) is 0 Å². The molecule has 1 N–H and O–H groups in total. The van der Waals surface area contributed by atoms with Crippen LogP contribution in [0.25, 0.3) is 0 Å². The van der Waals surface area contributed by atoms with Crippen molar-refractivity contribution in [1.29, 1.82) is 0 Å². The molecule has 1 nitrogen and oxygen atoms in total. The first-order valence-corrected chi connectivity index (χ1v) is 7.05. The Morgan fingerprint density at radius 1 is 1.33 bits per heavy atom. The average molecular weight is 272 g/mol. The predicted molar refractivity (Wildman–Crippen MR) is 76.6 cm³/mol. The van der Waals surface area contributed by atoms with Gasteiger partial charge in [-0.05, 0) is 55.5 Å². The van der Waals surface area contributed by atoms with E-state index in [0.717, 1.165) is 31.5 Å². The minimum Gasteiger partial charge on any atom is -0.317 e. The summed E-state index contributed by atoms with van der Waals surface area (Å²) in [6.07, 6.45) is 2.05. The van der Waals surface area contributed by atoms with Gasteiger partial charge >= 0.3 is 0 Å². The van der Waals surface area contributed by atoms with Gasteiger partial charge in [0.05, 0.1) is 5.02 Å². The SMILES string of the molecule is CCNCC(Cc1ccc(Cl)c(F)c1)CC(C)C. The van der Waals surface area contributed by atoms with Gasteiger partial charge in [0.1, 0.15) is 5.82 Å². The standard InChI is InChI=1S/C15H23ClFN/c1-4-18-10-13(7-11(2)3)8-12-5-6-14(16)15(17)9-12/h5-6,9,11,13,18H,4,7-8,10H2,1-3H3. The topological polar surface area (TPSA) is 12.0 Å². The molecule has 0 heterocycles. The van der Waals surface area contributed by atoms with E-state index in [-0.39, 0.29) is 10.8 Å². The van der Waals surface area contributed by atoms with Crippen molar-refractivity contribution < 1.29 is 4.39 Å². The molecule has 0 aliphatic rings. The Morgan fingerprint density at radius 3 is 2.61 bits per heavy atom. The third-order valence-electron chi connectivity index (χ3n) is 3.00. The molecule has 0 fully saturated rings. The number of rotatable bonds is 7. The van der Waals surface area contributed by atoms with E-state index < -0.39 is 0 Å². The van der Waals surface area contributed by atoms with Crippen LogP contribution in [0, 0.1) is 17.7 Å². The Kier molecular flexibility index (Phi) is 6.66. The van der Waals surface area contributed by atoms with Gasteiger partial charge in [0.2, 0.25) is 0 Å². The smallest absolute Gasteiger partial charge is 0.142 e. The lowest BCUT2D eigenvalue weighted by atomic mass is 9.91. The van der Waals surface area contributed by atoms with Gasteiger partial charge < -0.3 is 5.32 Å². The van der Waals surface area contributed by atoms with Crippen LogP contribution >= 0.6 is 11.6 Å². The molecule has 1 aromatic carbocycles. The molecule has 0 saturated heterocycles. The quantitative estimate of drug-likeness (QED) is 0.780. The second-order valence-corrected chi connectivity index (χ2v) is 5.66. The van der Waals surface area contributed by atoms with Gasteiger partial charge in [-0.15, -0.1) is 0 Å². The number of hydrogen-bond acceptors (Lipinski definition) is 1. The molecule has 1 atom stereocenters. The summed E-state index contributed by atoms with van der Waals surface area (Å²) < 4.78 is 13.4. The van der Waals surface area contributed by atoms with Crippen LogP contribution in [0.15, 0.2) is 18.2 Å². The highest BCUT2D eigenvalue weighted by Crippen LogP contribution is 2.20. The van der Waals surface area contributed by atoms with Crippen LogP contribution < -0.4 is 5.32 Å². The zero-order chi connectivity index (χ0) is 13.5. The normalized spacial score (nSPS) is 13.0. The lowest BCUT2D eigenvalue weighted by Crippen LogP contribution is -2.25. The van der Waals surface area contributed by atoms with Crippen LogP contribution in [0.5, 0.6) is 0 Å². The summed E-state index contributed by atoms with van der Waals surface area (Å²) in [6, 6.07) is 5.12. The Morgan fingerprint density at radius 2 is 2.06 bits per heavy atom. The summed E-state index contributed by atoms with van der Waals surface area (Å²) in [5.74, 6) is 0.886. The molecule has 102 valence electrons. The third-order valence-corrected chi connectivity index (χ3v) is 3.30. The van der Waals surface area contributed by atoms with E-state index in [9.17, 15) is 4.39 Å². The van der Waals surface area contributed by atoms with E-state index in [1.807, 2.05) is 6.07 Å². The molecule has 0 amide bonds. The molecule has 0 saturated carbocycles. The molecule has 0 aromatic heterocycles. The number of halogens is 2. The van der Waals surface area contributed by atoms with Crippen LogP contribution in [0.2, 0.25) is 5.02 Å². The van der Waals surface area contributed by atoms with Crippen molar-refractivity contribution in [2.24, 2.45) is 11.8 Å². The molecular weight excluding hydrogens is 249 g/mol. The van der Waals surface area contributed by atoms with Crippen molar-refractivity contribution in [3.63, 3.8) is 0 Å². The van der Waals surface area contributed by atoms with E-state index in [1.54, 1.807) is 12.1 Å². The minimum absolute atomic E-state index is 0.200. The van der Waals surface area contributed by atoms with Gasteiger partial charge in [0, 0.05) is 0 Å². The van der Waals surface area contributed by atoms with Crippen molar-refractivity contribution in [3.05, 3.63) is 34.6 Å². The molecule has 0 spiro atoms. The summed E-state index contributed by atoms with van der Waals surface area (Å²) in [5, 5.41) is 3.58. The van der Waals surface area contributed by atoms with Crippen LogP contribution in [-0.4, -0.2) is 13.1 Å². The lowest BCUT2D eigenvalue weighted by Gasteiger charge is -2.19. The zero-order valence-corrected chi connectivity index (χ0v) is 12.2. The molecule has 1 aromatic rings. The molecule has 1 unspecified atom stereocenters. The highest BCUT2D eigenvalue weighted by atomic mass is 35.5. The molecule has 18 heavy (non-hydrogen) atoms. The van der Waals surface area contributed by atoms with Crippen LogP contribution in [0.3, 0.4) is 0 Å². The second kappa shape index (κ2) is 7.75. The van der Waals surface area contributed by atoms with Gasteiger partial charge in [-0.1, -0.05) is 38.4 Å². The highest BCUT2D eigenvalue weighted by Gasteiger charge is 2.12. The van der Waals surface area contributed by atoms with Crippen molar-refractivity contribution in [1.82, 2.24) is 5.32 Å². The lowest BCUT2D eigenvalue weighted by molar-refractivity contribution is 0.388. The average Bonchev–Trinajstić information content (AvgIpc) is 2.30. The molecule has 0 radical (unpaired) electrons. The first kappa shape index (κ1) is 15.5. The van der Waals surface area contributed by atoms with Crippen molar-refractivity contribution in [2.45, 2.75) is 33.6 Å². The largest absolute Gasteiger partial charge is 0.317 e. The summed E-state index contributed by atoms with van der Waals surface area (Å²) in [5.41, 5.74) is 1.03. The summed E-state index contributed by atoms with van der Waals surface area (Å²) >= 11 is 5.70. The fourth-order valence-corrected chi connectivity index (χ4v) is 2.37. The fourth-order valence-electron chi connectivity index (χ4n) is 2.25. The van der Waals surface area contributed by atoms with Gasteiger partial charge in [0.15, 0.2) is 0 Å². The maximum absolute atomic E-state index is 13.4. The molecule has 3 heteroatoms. The minimum atomic E-state index is -0.319. The monoisotopic (exact) mass is 271 g/mol. The number of benzene rings is 1. The van der Waals surface area contributed by atoms with E-state index >= 15 is 0 Å². The fraction of sp³-hybridized carbons (Fsp3) is 0.600. The Labute approximate surface area is 115 Å².